The van der Waals surface area contributed by atoms with E-state index in [4.69, 9.17) is 4.74 Å². The largest absolute Gasteiger partial charge is 0.506 e. The third kappa shape index (κ3) is 4.02. The number of nitrogens with zero attached hydrogens (tertiary/aromatic N) is 1. The molecule has 0 aromatic heterocycles. The minimum absolute atomic E-state index is 0.125. The quantitative estimate of drug-likeness (QED) is 0.498. The van der Waals surface area contributed by atoms with E-state index in [0.29, 0.717) is 21.3 Å². The molecule has 2 aromatic rings. The van der Waals surface area contributed by atoms with Crippen LogP contribution >= 0.6 is 31.9 Å². The van der Waals surface area contributed by atoms with Crippen LogP contribution in [0.4, 0.5) is 0 Å². The van der Waals surface area contributed by atoms with Gasteiger partial charge in [-0.15, -0.1) is 0 Å². The minimum Gasteiger partial charge on any atom is -0.506 e. The number of methoxy groups -OCH3 is 1. The first-order valence-electron chi connectivity index (χ1n) is 6.31. The fourth-order valence-corrected chi connectivity index (χ4v) is 2.86. The van der Waals surface area contributed by atoms with E-state index < -0.39 is 5.91 Å². The fourth-order valence-electron chi connectivity index (χ4n) is 1.70. The SMILES string of the molecule is COc1cccc(C(=O)N/N=C\c2cc(Br)c(O)c(Br)c2O)c1. The molecule has 0 heterocycles. The zero-order valence-electron chi connectivity index (χ0n) is 11.9. The first-order valence-corrected chi connectivity index (χ1v) is 7.90. The van der Waals surface area contributed by atoms with Gasteiger partial charge >= 0.3 is 0 Å². The number of aromatic hydroxyl groups is 2. The molecule has 0 aliphatic heterocycles. The van der Waals surface area contributed by atoms with Gasteiger partial charge < -0.3 is 14.9 Å². The third-order valence-corrected chi connectivity index (χ3v) is 4.25. The van der Waals surface area contributed by atoms with Gasteiger partial charge in [-0.25, -0.2) is 5.43 Å². The molecule has 120 valence electrons. The van der Waals surface area contributed by atoms with Crippen LogP contribution in [0.5, 0.6) is 17.2 Å². The summed E-state index contributed by atoms with van der Waals surface area (Å²) in [5, 5.41) is 23.3. The molecule has 0 radical (unpaired) electrons. The molecule has 0 bridgehead atoms. The van der Waals surface area contributed by atoms with Crippen molar-refractivity contribution in [3.63, 3.8) is 0 Å². The molecular weight excluding hydrogens is 432 g/mol. The van der Waals surface area contributed by atoms with E-state index in [9.17, 15) is 15.0 Å². The van der Waals surface area contributed by atoms with E-state index in [1.807, 2.05) is 0 Å². The number of hydrogen-bond acceptors (Lipinski definition) is 5. The van der Waals surface area contributed by atoms with Gasteiger partial charge in [0.05, 0.1) is 17.8 Å². The van der Waals surface area contributed by atoms with Crippen molar-refractivity contribution in [1.82, 2.24) is 5.43 Å². The number of amides is 1. The Morgan fingerprint density at radius 2 is 2.00 bits per heavy atom. The number of ether oxygens (including phenoxy) is 1. The molecule has 0 aliphatic rings. The summed E-state index contributed by atoms with van der Waals surface area (Å²) < 4.78 is 5.56. The average molecular weight is 444 g/mol. The Morgan fingerprint density at radius 1 is 1.26 bits per heavy atom. The van der Waals surface area contributed by atoms with Gasteiger partial charge in [-0.2, -0.15) is 5.10 Å². The molecule has 0 spiro atoms. The topological polar surface area (TPSA) is 91.2 Å². The highest BCUT2D eigenvalue weighted by atomic mass is 79.9. The summed E-state index contributed by atoms with van der Waals surface area (Å²) in [5.74, 6) is -0.174. The lowest BCUT2D eigenvalue weighted by molar-refractivity contribution is 0.0954. The molecule has 0 atom stereocenters. The summed E-state index contributed by atoms with van der Waals surface area (Å²) in [6.07, 6.45) is 1.27. The number of benzene rings is 2. The van der Waals surface area contributed by atoms with Gasteiger partial charge in [0.2, 0.25) is 0 Å². The van der Waals surface area contributed by atoms with Gasteiger partial charge in [0.15, 0.2) is 0 Å². The minimum atomic E-state index is -0.420. The Hall–Kier alpha value is -2.06. The molecule has 0 aliphatic carbocycles. The number of halogens is 2. The fraction of sp³-hybridized carbons (Fsp3) is 0.0667. The Bertz CT molecular complexity index is 778. The van der Waals surface area contributed by atoms with Gasteiger partial charge in [0.1, 0.15) is 21.7 Å². The second-order valence-electron chi connectivity index (χ2n) is 4.39. The first-order chi connectivity index (χ1) is 10.9. The van der Waals surface area contributed by atoms with Crippen molar-refractivity contribution in [2.75, 3.05) is 7.11 Å². The van der Waals surface area contributed by atoms with Crippen molar-refractivity contribution in [3.8, 4) is 17.2 Å². The van der Waals surface area contributed by atoms with Gasteiger partial charge in [0, 0.05) is 11.1 Å². The standard InChI is InChI=1S/C15H12Br2N2O4/c1-23-10-4-2-3-8(5-10)15(22)19-18-7-9-6-11(16)14(21)12(17)13(9)20/h2-7,20-21H,1H3,(H,19,22)/b18-7-. The van der Waals surface area contributed by atoms with Crippen LogP contribution in [0.25, 0.3) is 0 Å². The molecule has 23 heavy (non-hydrogen) atoms. The Kier molecular flexibility index (Phi) is 5.62. The summed E-state index contributed by atoms with van der Waals surface area (Å²) in [6, 6.07) is 8.09. The lowest BCUT2D eigenvalue weighted by atomic mass is 10.2. The Balaban J connectivity index is 2.14. The second kappa shape index (κ2) is 7.47. The lowest BCUT2D eigenvalue weighted by Crippen LogP contribution is -2.17. The molecule has 2 aromatic carbocycles. The van der Waals surface area contributed by atoms with E-state index >= 15 is 0 Å². The average Bonchev–Trinajstić information content (AvgIpc) is 2.57. The molecule has 8 heteroatoms. The number of phenolic OH excluding ortho intramolecular Hbond substituents is 2. The summed E-state index contributed by atoms with van der Waals surface area (Å²) in [5.41, 5.74) is 3.05. The van der Waals surface area contributed by atoms with Crippen LogP contribution < -0.4 is 10.2 Å². The van der Waals surface area contributed by atoms with E-state index in [0.717, 1.165) is 0 Å². The Labute approximate surface area is 149 Å². The van der Waals surface area contributed by atoms with E-state index in [2.05, 4.69) is 42.4 Å². The molecule has 1 amide bonds. The molecule has 2 rings (SSSR count). The molecule has 0 saturated carbocycles. The van der Waals surface area contributed by atoms with Crippen LogP contribution in [0, 0.1) is 0 Å². The molecule has 0 unspecified atom stereocenters. The monoisotopic (exact) mass is 442 g/mol. The van der Waals surface area contributed by atoms with Gasteiger partial charge in [0.25, 0.3) is 5.91 Å². The predicted molar refractivity (Wildman–Crippen MR) is 93.2 cm³/mol. The van der Waals surface area contributed by atoms with Crippen molar-refractivity contribution in [3.05, 3.63) is 50.4 Å². The van der Waals surface area contributed by atoms with Crippen molar-refractivity contribution >= 4 is 44.0 Å². The highest BCUT2D eigenvalue weighted by molar-refractivity contribution is 9.11. The first kappa shape index (κ1) is 17.3. The van der Waals surface area contributed by atoms with Crippen LogP contribution in [-0.4, -0.2) is 29.4 Å². The number of phenols is 2. The van der Waals surface area contributed by atoms with Crippen LogP contribution in [0.1, 0.15) is 15.9 Å². The molecule has 0 fully saturated rings. The van der Waals surface area contributed by atoms with Crippen molar-refractivity contribution in [2.24, 2.45) is 5.10 Å². The third-order valence-electron chi connectivity index (χ3n) is 2.90. The van der Waals surface area contributed by atoms with Crippen molar-refractivity contribution in [1.29, 1.82) is 0 Å². The zero-order valence-corrected chi connectivity index (χ0v) is 15.1. The van der Waals surface area contributed by atoms with Crippen LogP contribution in [0.3, 0.4) is 0 Å². The number of carbonyl (C=O) groups is 1. The van der Waals surface area contributed by atoms with E-state index in [1.165, 1.54) is 19.4 Å². The summed E-state index contributed by atoms with van der Waals surface area (Å²) >= 11 is 6.21. The van der Waals surface area contributed by atoms with Gasteiger partial charge in [-0.1, -0.05) is 6.07 Å². The molecule has 6 nitrogen and oxygen atoms in total. The molecular formula is C15H12Br2N2O4. The normalized spacial score (nSPS) is 10.7. The maximum atomic E-state index is 12.0. The maximum absolute atomic E-state index is 12.0. The van der Waals surface area contributed by atoms with Gasteiger partial charge in [-0.3, -0.25) is 4.79 Å². The van der Waals surface area contributed by atoms with Gasteiger partial charge in [-0.05, 0) is 56.1 Å². The number of hydrazone groups is 1. The van der Waals surface area contributed by atoms with Crippen molar-refractivity contribution < 1.29 is 19.7 Å². The summed E-state index contributed by atoms with van der Waals surface area (Å²) in [6.45, 7) is 0. The van der Waals surface area contributed by atoms with Crippen molar-refractivity contribution in [2.45, 2.75) is 0 Å². The number of carbonyl (C=O) groups excluding carboxylic acids is 1. The zero-order chi connectivity index (χ0) is 17.0. The van der Waals surface area contributed by atoms with E-state index in [-0.39, 0.29) is 16.0 Å². The molecule has 3 N–H and O–H groups in total. The summed E-state index contributed by atoms with van der Waals surface area (Å²) in [7, 11) is 1.51. The number of hydrogen-bond donors (Lipinski definition) is 3. The second-order valence-corrected chi connectivity index (χ2v) is 6.04. The smallest absolute Gasteiger partial charge is 0.271 e. The van der Waals surface area contributed by atoms with Crippen LogP contribution in [-0.2, 0) is 0 Å². The number of rotatable bonds is 4. The highest BCUT2D eigenvalue weighted by Crippen LogP contribution is 2.40. The number of nitrogens with one attached hydrogen (secondary N) is 1. The Morgan fingerprint density at radius 3 is 2.70 bits per heavy atom. The molecule has 0 saturated heterocycles. The van der Waals surface area contributed by atoms with E-state index in [1.54, 1.807) is 24.3 Å². The summed E-state index contributed by atoms with van der Waals surface area (Å²) in [4.78, 5) is 12.0. The highest BCUT2D eigenvalue weighted by Gasteiger charge is 2.13. The van der Waals surface area contributed by atoms with Crippen LogP contribution in [0.2, 0.25) is 0 Å². The predicted octanol–water partition coefficient (Wildman–Crippen LogP) is 3.40. The van der Waals surface area contributed by atoms with Crippen LogP contribution in [0.15, 0.2) is 44.4 Å². The lowest BCUT2D eigenvalue weighted by Gasteiger charge is -2.06. The maximum Gasteiger partial charge on any atom is 0.271 e.